The van der Waals surface area contributed by atoms with Gasteiger partial charge in [0.15, 0.2) is 0 Å². The van der Waals surface area contributed by atoms with Crippen LogP contribution < -0.4 is 5.56 Å². The van der Waals surface area contributed by atoms with Gasteiger partial charge in [0.25, 0.3) is 5.56 Å². The number of hydrogen-bond donors (Lipinski definition) is 0. The molecule has 1 heterocycles. The van der Waals surface area contributed by atoms with Crippen molar-refractivity contribution in [3.63, 3.8) is 0 Å². The van der Waals surface area contributed by atoms with Gasteiger partial charge in [-0.25, -0.2) is 0 Å². The first-order valence-electron chi connectivity index (χ1n) is 7.94. The molecule has 3 aromatic rings. The van der Waals surface area contributed by atoms with E-state index in [1.54, 1.807) is 4.57 Å². The van der Waals surface area contributed by atoms with Gasteiger partial charge in [-0.15, -0.1) is 0 Å². The molecule has 118 valence electrons. The van der Waals surface area contributed by atoms with E-state index >= 15 is 0 Å². The smallest absolute Gasteiger partial charge is 0.269 e. The molecule has 0 fully saturated rings. The average molecular weight is 314 g/mol. The van der Waals surface area contributed by atoms with E-state index in [1.165, 1.54) is 5.56 Å². The summed E-state index contributed by atoms with van der Waals surface area (Å²) in [4.78, 5) is 12.8. The molecule has 0 saturated heterocycles. The molecule has 0 amide bonds. The maximum atomic E-state index is 12.8. The molecule has 3 rings (SSSR count). The Bertz CT molecular complexity index is 935. The molecule has 0 radical (unpaired) electrons. The Balaban J connectivity index is 2.08. The van der Waals surface area contributed by atoms with Crippen LogP contribution in [0.4, 0.5) is 0 Å². The van der Waals surface area contributed by atoms with E-state index in [1.807, 2.05) is 79.7 Å². The third kappa shape index (κ3) is 3.13. The van der Waals surface area contributed by atoms with Crippen LogP contribution in [0.1, 0.15) is 16.7 Å². The van der Waals surface area contributed by atoms with Gasteiger partial charge >= 0.3 is 0 Å². The maximum absolute atomic E-state index is 12.8. The van der Waals surface area contributed by atoms with E-state index < -0.39 is 0 Å². The van der Waals surface area contributed by atoms with Gasteiger partial charge in [0.05, 0.1) is 5.69 Å². The molecule has 3 nitrogen and oxygen atoms in total. The number of aryl methyl sites for hydroxylation is 2. The number of aromatic nitrogens is 1. The molecule has 0 bridgehead atoms. The van der Waals surface area contributed by atoms with E-state index in [2.05, 4.69) is 0 Å². The average Bonchev–Trinajstić information content (AvgIpc) is 2.62. The molecule has 1 aromatic heterocycles. The van der Waals surface area contributed by atoms with Crippen molar-refractivity contribution in [1.82, 2.24) is 4.57 Å². The molecule has 0 aliphatic heterocycles. The first kappa shape index (κ1) is 15.8. The topological polar surface area (TPSA) is 45.8 Å². The van der Waals surface area contributed by atoms with Gasteiger partial charge in [-0.2, -0.15) is 5.26 Å². The summed E-state index contributed by atoms with van der Waals surface area (Å²) in [5.41, 5.74) is 3.73. The molecule has 0 atom stereocenters. The fourth-order valence-corrected chi connectivity index (χ4v) is 2.86. The normalized spacial score (nSPS) is 10.3. The van der Waals surface area contributed by atoms with Crippen LogP contribution in [0.5, 0.6) is 0 Å². The Hall–Kier alpha value is -3.12. The van der Waals surface area contributed by atoms with E-state index in [0.717, 1.165) is 23.2 Å². The Morgan fingerprint density at radius 3 is 2.25 bits per heavy atom. The van der Waals surface area contributed by atoms with Gasteiger partial charge in [-0.05, 0) is 36.1 Å². The third-order valence-electron chi connectivity index (χ3n) is 4.15. The van der Waals surface area contributed by atoms with Crippen LogP contribution in [0, 0.1) is 18.3 Å². The molecular weight excluding hydrogens is 296 g/mol. The fraction of sp³-hybridized carbons (Fsp3) is 0.143. The molecule has 0 unspecified atom stereocenters. The lowest BCUT2D eigenvalue weighted by Gasteiger charge is -2.15. The highest BCUT2D eigenvalue weighted by molar-refractivity contribution is 5.61. The largest absolute Gasteiger partial charge is 0.307 e. The molecule has 2 aromatic carbocycles. The number of benzene rings is 2. The molecule has 0 aliphatic carbocycles. The van der Waals surface area contributed by atoms with Crippen LogP contribution in [0.25, 0.3) is 11.3 Å². The number of pyridine rings is 1. The Labute approximate surface area is 141 Å². The summed E-state index contributed by atoms with van der Waals surface area (Å²) >= 11 is 0. The Kier molecular flexibility index (Phi) is 4.58. The first-order chi connectivity index (χ1) is 11.7. The summed E-state index contributed by atoms with van der Waals surface area (Å²) in [5, 5.41) is 9.31. The van der Waals surface area contributed by atoms with Crippen molar-refractivity contribution in [1.29, 1.82) is 5.26 Å². The lowest BCUT2D eigenvalue weighted by atomic mass is 10.0. The molecule has 3 heteroatoms. The molecular formula is C21H18N2O. The molecule has 0 aliphatic rings. The van der Waals surface area contributed by atoms with Crippen molar-refractivity contribution in [2.24, 2.45) is 0 Å². The predicted octanol–water partition coefficient (Wildman–Crippen LogP) is 3.94. The quantitative estimate of drug-likeness (QED) is 0.732. The SMILES string of the molecule is Cc1cc(-c2ccccc2)n(CCc2ccccc2)c(=O)c1C#N. The summed E-state index contributed by atoms with van der Waals surface area (Å²) in [7, 11) is 0. The predicted molar refractivity (Wildman–Crippen MR) is 95.7 cm³/mol. The second-order valence-electron chi connectivity index (χ2n) is 5.76. The van der Waals surface area contributed by atoms with Crippen molar-refractivity contribution in [3.8, 4) is 17.3 Å². The number of nitrogens with zero attached hydrogens (tertiary/aromatic N) is 2. The molecule has 0 N–H and O–H groups in total. The van der Waals surface area contributed by atoms with E-state index in [-0.39, 0.29) is 11.1 Å². The van der Waals surface area contributed by atoms with Crippen molar-refractivity contribution in [2.75, 3.05) is 0 Å². The minimum absolute atomic E-state index is 0.215. The van der Waals surface area contributed by atoms with Crippen molar-refractivity contribution in [2.45, 2.75) is 19.9 Å². The van der Waals surface area contributed by atoms with E-state index in [0.29, 0.717) is 6.54 Å². The van der Waals surface area contributed by atoms with Crippen LogP contribution in [0.3, 0.4) is 0 Å². The van der Waals surface area contributed by atoms with Crippen LogP contribution in [0.15, 0.2) is 71.5 Å². The highest BCUT2D eigenvalue weighted by Gasteiger charge is 2.13. The van der Waals surface area contributed by atoms with Crippen molar-refractivity contribution in [3.05, 3.63) is 93.8 Å². The highest BCUT2D eigenvalue weighted by Crippen LogP contribution is 2.20. The maximum Gasteiger partial charge on any atom is 0.269 e. The van der Waals surface area contributed by atoms with Crippen LogP contribution in [-0.4, -0.2) is 4.57 Å². The van der Waals surface area contributed by atoms with Crippen LogP contribution >= 0.6 is 0 Å². The summed E-state index contributed by atoms with van der Waals surface area (Å²) in [6.45, 7) is 2.36. The third-order valence-corrected chi connectivity index (χ3v) is 4.15. The first-order valence-corrected chi connectivity index (χ1v) is 7.94. The van der Waals surface area contributed by atoms with Crippen LogP contribution in [0.2, 0.25) is 0 Å². The fourth-order valence-electron chi connectivity index (χ4n) is 2.86. The zero-order chi connectivity index (χ0) is 16.9. The number of nitriles is 1. The lowest BCUT2D eigenvalue weighted by molar-refractivity contribution is 0.674. The zero-order valence-electron chi connectivity index (χ0n) is 13.6. The Morgan fingerprint density at radius 2 is 1.62 bits per heavy atom. The van der Waals surface area contributed by atoms with Crippen molar-refractivity contribution < 1.29 is 0 Å². The van der Waals surface area contributed by atoms with Gasteiger partial charge in [0.2, 0.25) is 0 Å². The van der Waals surface area contributed by atoms with E-state index in [9.17, 15) is 10.1 Å². The highest BCUT2D eigenvalue weighted by atomic mass is 16.1. The molecule has 0 spiro atoms. The monoisotopic (exact) mass is 314 g/mol. The number of rotatable bonds is 4. The summed E-state index contributed by atoms with van der Waals surface area (Å²) in [6, 6.07) is 23.9. The standard InChI is InChI=1S/C21H18N2O/c1-16-14-20(18-10-6-3-7-11-18)23(21(24)19(16)15-22)13-12-17-8-4-2-5-9-17/h2-11,14H,12-13H2,1H3. The van der Waals surface area contributed by atoms with Crippen molar-refractivity contribution >= 4 is 0 Å². The lowest BCUT2D eigenvalue weighted by Crippen LogP contribution is -2.26. The number of hydrogen-bond acceptors (Lipinski definition) is 2. The van der Waals surface area contributed by atoms with E-state index in [4.69, 9.17) is 0 Å². The second kappa shape index (κ2) is 6.97. The summed E-state index contributed by atoms with van der Waals surface area (Å²) in [6.07, 6.45) is 0.745. The molecule has 0 saturated carbocycles. The minimum Gasteiger partial charge on any atom is -0.307 e. The second-order valence-corrected chi connectivity index (χ2v) is 5.76. The van der Waals surface area contributed by atoms with Gasteiger partial charge in [-0.1, -0.05) is 60.7 Å². The Morgan fingerprint density at radius 1 is 1.00 bits per heavy atom. The summed E-state index contributed by atoms with van der Waals surface area (Å²) < 4.78 is 1.72. The van der Waals surface area contributed by atoms with Gasteiger partial charge in [-0.3, -0.25) is 4.79 Å². The molecule has 24 heavy (non-hydrogen) atoms. The summed E-state index contributed by atoms with van der Waals surface area (Å²) in [5.74, 6) is 0. The zero-order valence-corrected chi connectivity index (χ0v) is 13.6. The van der Waals surface area contributed by atoms with Crippen LogP contribution in [-0.2, 0) is 13.0 Å². The van der Waals surface area contributed by atoms with Gasteiger partial charge < -0.3 is 4.57 Å². The van der Waals surface area contributed by atoms with Gasteiger partial charge in [0, 0.05) is 6.54 Å². The minimum atomic E-state index is -0.215. The van der Waals surface area contributed by atoms with Gasteiger partial charge in [0.1, 0.15) is 11.6 Å².